The first-order chi connectivity index (χ1) is 20.0. The number of nitrogens with zero attached hydrogens (tertiary/aromatic N) is 9. The smallest absolute Gasteiger partial charge is 0.258 e. The van der Waals surface area contributed by atoms with Crippen molar-refractivity contribution in [1.82, 2.24) is 39.5 Å². The number of hydrogen-bond donors (Lipinski definition) is 0. The van der Waals surface area contributed by atoms with Crippen molar-refractivity contribution in [3.8, 4) is 0 Å². The summed E-state index contributed by atoms with van der Waals surface area (Å²) < 4.78 is 11.9. The van der Waals surface area contributed by atoms with Gasteiger partial charge < -0.3 is 9.64 Å². The third kappa shape index (κ3) is 5.04. The molecular formula is C29H31Br2N9O. The lowest BCUT2D eigenvalue weighted by atomic mass is 9.93. The second-order valence-corrected chi connectivity index (χ2v) is 12.9. The molecule has 10 nitrogen and oxygen atoms in total. The summed E-state index contributed by atoms with van der Waals surface area (Å²) in [5.74, 6) is 1.36. The summed E-state index contributed by atoms with van der Waals surface area (Å²) in [6, 6.07) is 17.9. The molecule has 3 atom stereocenters. The van der Waals surface area contributed by atoms with E-state index in [4.69, 9.17) is 9.72 Å². The Morgan fingerprint density at radius 2 is 1.63 bits per heavy atom. The standard InChI is InChI=1S/C29H31Br2N9O/c1-18-15-38(19(2)14-37(18)26(20-5-9-22(30)10-6-20)21-7-11-23(31)12-8-21)27-25-28(39-17-32-35-29(39)33-27)40(36-34-25)16-24-4-3-13-41-24/h5-12,17-19,24,26H,3-4,13-16H2,1-2H3/t18-,19+,24+/m1/s1. The van der Waals surface area contributed by atoms with Crippen LogP contribution < -0.4 is 4.90 Å². The summed E-state index contributed by atoms with van der Waals surface area (Å²) in [5.41, 5.74) is 4.16. The molecular weight excluding hydrogens is 650 g/mol. The molecule has 2 saturated heterocycles. The van der Waals surface area contributed by atoms with E-state index in [1.54, 1.807) is 6.33 Å². The van der Waals surface area contributed by atoms with E-state index in [0.717, 1.165) is 58.5 Å². The first kappa shape index (κ1) is 26.9. The Bertz CT molecular complexity index is 1620. The van der Waals surface area contributed by atoms with Crippen LogP contribution in [0.2, 0.25) is 0 Å². The lowest BCUT2D eigenvalue weighted by Gasteiger charge is -2.48. The van der Waals surface area contributed by atoms with Gasteiger partial charge in [-0.15, -0.1) is 15.3 Å². The maximum Gasteiger partial charge on any atom is 0.258 e. The van der Waals surface area contributed by atoms with Crippen LogP contribution in [0.4, 0.5) is 5.82 Å². The maximum atomic E-state index is 5.90. The predicted octanol–water partition coefficient (Wildman–Crippen LogP) is 5.26. The van der Waals surface area contributed by atoms with E-state index in [-0.39, 0.29) is 24.2 Å². The molecule has 0 saturated carbocycles. The maximum absolute atomic E-state index is 5.90. The highest BCUT2D eigenvalue weighted by molar-refractivity contribution is 9.10. The Hall–Kier alpha value is -2.93. The highest BCUT2D eigenvalue weighted by atomic mass is 79.9. The van der Waals surface area contributed by atoms with Crippen LogP contribution in [-0.4, -0.2) is 77.4 Å². The average Bonchev–Trinajstić information content (AvgIpc) is 3.74. The largest absolute Gasteiger partial charge is 0.376 e. The predicted molar refractivity (Wildman–Crippen MR) is 164 cm³/mol. The number of hydrogen-bond acceptors (Lipinski definition) is 8. The molecule has 2 aliphatic heterocycles. The summed E-state index contributed by atoms with van der Waals surface area (Å²) >= 11 is 7.21. The Morgan fingerprint density at radius 3 is 2.29 bits per heavy atom. The molecule has 0 radical (unpaired) electrons. The van der Waals surface area contributed by atoms with Crippen LogP contribution in [-0.2, 0) is 11.3 Å². The average molecular weight is 681 g/mol. The van der Waals surface area contributed by atoms with E-state index in [1.807, 2.05) is 9.08 Å². The fourth-order valence-corrected chi connectivity index (χ4v) is 6.80. The SMILES string of the molecule is C[C@@H]1CN(c2nc3nncn3c3c2nnn3C[C@@H]2CCCO2)[C@@H](C)CN1C(c1ccc(Br)cc1)c1ccc(Br)cc1. The van der Waals surface area contributed by atoms with Gasteiger partial charge in [0.05, 0.1) is 18.7 Å². The van der Waals surface area contributed by atoms with E-state index in [2.05, 4.69) is 125 Å². The van der Waals surface area contributed by atoms with Crippen LogP contribution in [0.15, 0.2) is 63.8 Å². The van der Waals surface area contributed by atoms with Gasteiger partial charge in [-0.25, -0.2) is 9.08 Å². The second kappa shape index (κ2) is 11.0. The highest BCUT2D eigenvalue weighted by Crippen LogP contribution is 2.36. The van der Waals surface area contributed by atoms with Gasteiger partial charge in [-0.1, -0.05) is 61.3 Å². The summed E-state index contributed by atoms with van der Waals surface area (Å²) in [4.78, 5) is 9.93. The van der Waals surface area contributed by atoms with E-state index in [9.17, 15) is 0 Å². The molecule has 3 aromatic heterocycles. The molecule has 0 spiro atoms. The molecule has 0 aliphatic carbocycles. The number of piperazine rings is 1. The van der Waals surface area contributed by atoms with Crippen molar-refractivity contribution >= 4 is 54.6 Å². The van der Waals surface area contributed by atoms with Crippen LogP contribution >= 0.6 is 31.9 Å². The fourth-order valence-electron chi connectivity index (χ4n) is 6.27. The van der Waals surface area contributed by atoms with Gasteiger partial charge in [0.15, 0.2) is 17.0 Å². The van der Waals surface area contributed by atoms with Crippen molar-refractivity contribution in [1.29, 1.82) is 0 Å². The monoisotopic (exact) mass is 679 g/mol. The summed E-state index contributed by atoms with van der Waals surface area (Å²) in [7, 11) is 0. The van der Waals surface area contributed by atoms with Gasteiger partial charge in [0, 0.05) is 40.7 Å². The molecule has 41 heavy (non-hydrogen) atoms. The van der Waals surface area contributed by atoms with Crippen molar-refractivity contribution in [2.75, 3.05) is 24.6 Å². The molecule has 12 heteroatoms. The zero-order valence-electron chi connectivity index (χ0n) is 22.9. The molecule has 212 valence electrons. The molecule has 5 aromatic rings. The van der Waals surface area contributed by atoms with E-state index >= 15 is 0 Å². The minimum Gasteiger partial charge on any atom is -0.376 e. The van der Waals surface area contributed by atoms with Gasteiger partial charge >= 0.3 is 0 Å². The first-order valence-corrected chi connectivity index (χ1v) is 15.6. The van der Waals surface area contributed by atoms with Gasteiger partial charge in [0.25, 0.3) is 5.78 Å². The van der Waals surface area contributed by atoms with Gasteiger partial charge in [-0.2, -0.15) is 4.98 Å². The number of fused-ring (bicyclic) bond motifs is 3. The third-order valence-electron chi connectivity index (χ3n) is 8.29. The van der Waals surface area contributed by atoms with Gasteiger partial charge in [-0.3, -0.25) is 4.90 Å². The van der Waals surface area contributed by atoms with E-state index in [1.165, 1.54) is 11.1 Å². The van der Waals surface area contributed by atoms with Crippen LogP contribution in [0.3, 0.4) is 0 Å². The Morgan fingerprint density at radius 1 is 0.927 bits per heavy atom. The topological polar surface area (TPSA) is 89.5 Å². The second-order valence-electron chi connectivity index (χ2n) is 11.1. The van der Waals surface area contributed by atoms with Crippen molar-refractivity contribution in [2.45, 2.75) is 57.5 Å². The Kier molecular flexibility index (Phi) is 7.26. The normalized spacial score (nSPS) is 22.0. The molecule has 0 bridgehead atoms. The third-order valence-corrected chi connectivity index (χ3v) is 9.35. The summed E-state index contributed by atoms with van der Waals surface area (Å²) in [5, 5.41) is 17.7. The van der Waals surface area contributed by atoms with E-state index < -0.39 is 0 Å². The van der Waals surface area contributed by atoms with Crippen molar-refractivity contribution < 1.29 is 4.74 Å². The fraction of sp³-hybridized carbons (Fsp3) is 0.414. The lowest BCUT2D eigenvalue weighted by Crippen LogP contribution is -2.57. The number of benzene rings is 2. The number of halogens is 2. The van der Waals surface area contributed by atoms with Crippen molar-refractivity contribution in [2.24, 2.45) is 0 Å². The van der Waals surface area contributed by atoms with Gasteiger partial charge in [0.2, 0.25) is 0 Å². The number of rotatable bonds is 6. The van der Waals surface area contributed by atoms with Gasteiger partial charge in [-0.05, 0) is 62.1 Å². The lowest BCUT2D eigenvalue weighted by molar-refractivity contribution is 0.0944. The molecule has 0 N–H and O–H groups in total. The zero-order chi connectivity index (χ0) is 28.1. The number of anilines is 1. The molecule has 2 aromatic carbocycles. The first-order valence-electron chi connectivity index (χ1n) is 14.0. The summed E-state index contributed by atoms with van der Waals surface area (Å²) in [6.07, 6.45) is 3.93. The van der Waals surface area contributed by atoms with E-state index in [0.29, 0.717) is 12.3 Å². The van der Waals surface area contributed by atoms with Crippen LogP contribution in [0, 0.1) is 0 Å². The van der Waals surface area contributed by atoms with Crippen molar-refractivity contribution in [3.05, 3.63) is 74.9 Å². The molecule has 2 fully saturated rings. The summed E-state index contributed by atoms with van der Waals surface area (Å²) in [6.45, 7) is 7.64. The highest BCUT2D eigenvalue weighted by Gasteiger charge is 2.37. The van der Waals surface area contributed by atoms with Crippen LogP contribution in [0.1, 0.15) is 43.9 Å². The van der Waals surface area contributed by atoms with Crippen LogP contribution in [0.25, 0.3) is 16.9 Å². The van der Waals surface area contributed by atoms with Gasteiger partial charge in [0.1, 0.15) is 6.33 Å². The molecule has 0 unspecified atom stereocenters. The zero-order valence-corrected chi connectivity index (χ0v) is 26.1. The Labute approximate surface area is 255 Å². The minimum absolute atomic E-state index is 0.120. The molecule has 7 rings (SSSR count). The molecule has 0 amide bonds. The number of aromatic nitrogens is 7. The molecule has 2 aliphatic rings. The Balaban J connectivity index is 1.24. The molecule has 5 heterocycles. The number of ether oxygens (including phenoxy) is 1. The van der Waals surface area contributed by atoms with Crippen molar-refractivity contribution in [3.63, 3.8) is 0 Å². The van der Waals surface area contributed by atoms with Crippen LogP contribution in [0.5, 0.6) is 0 Å². The quantitative estimate of drug-likeness (QED) is 0.240. The minimum atomic E-state index is 0.120.